The molecule has 1 aliphatic heterocycles. The minimum atomic E-state index is -2.80. The summed E-state index contributed by atoms with van der Waals surface area (Å²) in [6.07, 6.45) is 0.522. The third-order valence-electron chi connectivity index (χ3n) is 9.29. The molecule has 7 N–H and O–H groups in total. The fourth-order valence-electron chi connectivity index (χ4n) is 7.13. The van der Waals surface area contributed by atoms with Gasteiger partial charge in [-0.2, -0.15) is 0 Å². The zero-order valence-electron chi connectivity index (χ0n) is 25.2. The molecule has 0 bridgehead atoms. The topological polar surface area (TPSA) is 197 Å². The molecule has 5 atom stereocenters. The van der Waals surface area contributed by atoms with Crippen molar-refractivity contribution in [3.8, 4) is 5.75 Å². The van der Waals surface area contributed by atoms with Gasteiger partial charge in [0.1, 0.15) is 22.9 Å². The lowest BCUT2D eigenvalue weighted by Crippen LogP contribution is -2.65. The molecule has 16 heteroatoms. The number of carbonyl (C=O) groups excluding carboxylic acids is 4. The molecule has 1 aromatic carbocycles. The molecular weight excluding hydrogens is 636 g/mol. The van der Waals surface area contributed by atoms with E-state index >= 15 is 4.39 Å². The van der Waals surface area contributed by atoms with Crippen molar-refractivity contribution >= 4 is 59.6 Å². The van der Waals surface area contributed by atoms with Crippen LogP contribution in [0, 0.1) is 17.7 Å². The number of halogens is 3. The zero-order chi connectivity index (χ0) is 31.7. The fourth-order valence-corrected chi connectivity index (χ4v) is 7.13. The van der Waals surface area contributed by atoms with Crippen molar-refractivity contribution in [1.82, 2.24) is 14.7 Å². The van der Waals surface area contributed by atoms with Gasteiger partial charge in [0.15, 0.2) is 17.1 Å². The van der Waals surface area contributed by atoms with E-state index in [1.165, 1.54) is 19.0 Å². The molecule has 1 saturated carbocycles. The molecule has 0 unspecified atom stereocenters. The fraction of sp³-hybridized carbons (Fsp3) is 0.517. The van der Waals surface area contributed by atoms with E-state index < -0.39 is 86.7 Å². The molecule has 0 aromatic heterocycles. The van der Waals surface area contributed by atoms with Gasteiger partial charge in [-0.15, -0.1) is 24.8 Å². The molecule has 0 spiro atoms. The number of phenols is 1. The highest BCUT2D eigenvalue weighted by molar-refractivity contribution is 6.24. The maximum Gasteiger partial charge on any atom is 0.255 e. The molecule has 1 saturated heterocycles. The van der Waals surface area contributed by atoms with Gasteiger partial charge >= 0.3 is 0 Å². The number of nitrogens with one attached hydrogen (secondary N) is 1. The highest BCUT2D eigenvalue weighted by atomic mass is 35.5. The average Bonchev–Trinajstić information content (AvgIpc) is 3.37. The lowest BCUT2D eigenvalue weighted by Gasteiger charge is -2.50. The van der Waals surface area contributed by atoms with Crippen molar-refractivity contribution in [1.29, 1.82) is 0 Å². The molecule has 4 aliphatic rings. The van der Waals surface area contributed by atoms with E-state index in [0.717, 1.165) is 12.5 Å². The number of phenolic OH excluding ortho intramolecular Hbond substituents is 1. The van der Waals surface area contributed by atoms with Crippen LogP contribution in [-0.2, 0) is 25.6 Å². The average molecular weight is 675 g/mol. The Bertz CT molecular complexity index is 1520. The third-order valence-corrected chi connectivity index (χ3v) is 9.29. The molecule has 1 aromatic rings. The zero-order valence-corrected chi connectivity index (χ0v) is 26.8. The first-order valence-electron chi connectivity index (χ1n) is 14.0. The van der Waals surface area contributed by atoms with Gasteiger partial charge in [0.25, 0.3) is 5.91 Å². The monoisotopic (exact) mass is 673 g/mol. The molecule has 2 amide bonds. The Kier molecular flexibility index (Phi) is 10.3. The summed E-state index contributed by atoms with van der Waals surface area (Å²) in [7, 11) is 6.88. The number of aliphatic hydroxyl groups is 3. The van der Waals surface area contributed by atoms with Crippen LogP contribution in [0.4, 0.5) is 10.1 Å². The van der Waals surface area contributed by atoms with Crippen molar-refractivity contribution < 1.29 is 44.0 Å². The van der Waals surface area contributed by atoms with Crippen LogP contribution in [-0.4, -0.2) is 124 Å². The van der Waals surface area contributed by atoms with Crippen LogP contribution in [0.25, 0.3) is 5.76 Å². The van der Waals surface area contributed by atoms with E-state index in [0.29, 0.717) is 13.1 Å². The number of aromatic hydroxyl groups is 1. The molecular formula is C29H38Cl2FN5O8. The van der Waals surface area contributed by atoms with E-state index in [-0.39, 0.29) is 61.5 Å². The number of aliphatic hydroxyl groups excluding tert-OH is 2. The van der Waals surface area contributed by atoms with Crippen LogP contribution in [0.2, 0.25) is 0 Å². The number of hydrogen-bond acceptors (Lipinski definition) is 11. The maximum atomic E-state index is 15.5. The number of nitrogens with zero attached hydrogens (tertiary/aromatic N) is 3. The molecule has 1 heterocycles. The highest BCUT2D eigenvalue weighted by Crippen LogP contribution is 2.53. The van der Waals surface area contributed by atoms with Crippen molar-refractivity contribution in [2.24, 2.45) is 17.6 Å². The third kappa shape index (κ3) is 5.68. The first-order chi connectivity index (χ1) is 20.1. The highest BCUT2D eigenvalue weighted by Gasteiger charge is 2.64. The van der Waals surface area contributed by atoms with E-state index in [4.69, 9.17) is 5.73 Å². The second-order valence-corrected chi connectivity index (χ2v) is 12.3. The number of amides is 2. The van der Waals surface area contributed by atoms with E-state index in [1.54, 1.807) is 0 Å². The predicted octanol–water partition coefficient (Wildman–Crippen LogP) is 0.521. The standard InChI is InChI=1S/C29H36FN5O8.2ClH/c1-33(2)13-5-6-35(10-13)11-18(36)32-17-9-16(30)14-7-12-8-15-22(34(3)4)25(39)21(28(31)42)27(41)29(15,43)26(40)19(12)24(38)20(14)23(17)37;;/h9,12-13,15,22,37-38,41,43H,5-8,10-11H2,1-4H3,(H2,31,42)(H,32,36);2*1H/t12-,13+,15-,22-,29-;;/m0../s1. The molecule has 3 aliphatic carbocycles. The SMILES string of the molecule is CN(C)[C@@H]1CCN(CC(=O)Nc2cc(F)c3c(c2O)C(O)=C2C(=O)[C@]4(O)C(O)=C(C(N)=O)C(=O)[C@@H](N(C)C)[C@@H]4C[C@@H]2C3)C1.Cl.Cl. The van der Waals surface area contributed by atoms with Crippen molar-refractivity contribution in [3.05, 3.63) is 39.9 Å². The number of nitrogens with two attached hydrogens (primary N) is 1. The Morgan fingerprint density at radius 1 is 1.13 bits per heavy atom. The second-order valence-electron chi connectivity index (χ2n) is 12.3. The van der Waals surface area contributed by atoms with Crippen LogP contribution in [0.1, 0.15) is 24.0 Å². The number of benzene rings is 1. The molecule has 5 rings (SSSR count). The van der Waals surface area contributed by atoms with E-state index in [1.807, 2.05) is 19.0 Å². The van der Waals surface area contributed by atoms with Crippen molar-refractivity contribution in [3.63, 3.8) is 0 Å². The number of Topliss-reactive ketones (excluding diaryl/α,β-unsaturated/α-hetero) is 2. The summed E-state index contributed by atoms with van der Waals surface area (Å²) in [5.74, 6) is -9.67. The van der Waals surface area contributed by atoms with Gasteiger partial charge in [-0.1, -0.05) is 0 Å². The molecule has 0 radical (unpaired) electrons. The van der Waals surface area contributed by atoms with Crippen LogP contribution < -0.4 is 11.1 Å². The molecule has 13 nitrogen and oxygen atoms in total. The number of likely N-dealkylation sites (N-methyl/N-ethyl adjacent to an activating group) is 2. The summed E-state index contributed by atoms with van der Waals surface area (Å²) in [5.41, 5.74) is 0.340. The van der Waals surface area contributed by atoms with Crippen molar-refractivity contribution in [2.75, 3.05) is 53.1 Å². The quantitative estimate of drug-likeness (QED) is 0.182. The maximum absolute atomic E-state index is 15.5. The molecule has 45 heavy (non-hydrogen) atoms. The Morgan fingerprint density at radius 2 is 1.78 bits per heavy atom. The summed E-state index contributed by atoms with van der Waals surface area (Å²) in [4.78, 5) is 57.3. The number of primary amides is 1. The van der Waals surface area contributed by atoms with Gasteiger partial charge < -0.3 is 36.4 Å². The molecule has 2 fully saturated rings. The van der Waals surface area contributed by atoms with Gasteiger partial charge in [0.05, 0.1) is 23.8 Å². The second kappa shape index (κ2) is 12.9. The number of hydrogen-bond donors (Lipinski definition) is 6. The van der Waals surface area contributed by atoms with Gasteiger partial charge in [0.2, 0.25) is 11.7 Å². The lowest BCUT2D eigenvalue weighted by atomic mass is 9.57. The number of anilines is 1. The number of likely N-dealkylation sites (tertiary alicyclic amines) is 1. The molecule has 248 valence electrons. The van der Waals surface area contributed by atoms with Crippen LogP contribution in [0.15, 0.2) is 23.0 Å². The van der Waals surface area contributed by atoms with Gasteiger partial charge in [-0.05, 0) is 53.4 Å². The van der Waals surface area contributed by atoms with Gasteiger partial charge in [-0.25, -0.2) is 4.39 Å². The first-order valence-corrected chi connectivity index (χ1v) is 14.0. The number of rotatable bonds is 6. The van der Waals surface area contributed by atoms with Gasteiger partial charge in [-0.3, -0.25) is 29.0 Å². The van der Waals surface area contributed by atoms with E-state index in [9.17, 15) is 39.6 Å². The summed E-state index contributed by atoms with van der Waals surface area (Å²) < 4.78 is 15.5. The van der Waals surface area contributed by atoms with E-state index in [2.05, 4.69) is 10.2 Å². The minimum absolute atomic E-state index is 0. The Balaban J connectivity index is 0.00000276. The summed E-state index contributed by atoms with van der Waals surface area (Å²) in [6.45, 7) is 1.33. The first kappa shape index (κ1) is 36.2. The van der Waals surface area contributed by atoms with Crippen LogP contribution in [0.5, 0.6) is 5.75 Å². The minimum Gasteiger partial charge on any atom is -0.508 e. The predicted molar refractivity (Wildman–Crippen MR) is 166 cm³/mol. The summed E-state index contributed by atoms with van der Waals surface area (Å²) in [5, 5.41) is 47.5. The lowest BCUT2D eigenvalue weighted by molar-refractivity contribution is -0.153. The Hall–Kier alpha value is -3.27. The van der Waals surface area contributed by atoms with Crippen LogP contribution in [0.3, 0.4) is 0 Å². The number of fused-ring (bicyclic) bond motifs is 3. The van der Waals surface area contributed by atoms with Gasteiger partial charge in [0, 0.05) is 42.3 Å². The Morgan fingerprint density at radius 3 is 2.33 bits per heavy atom. The normalized spacial score (nSPS) is 27.9. The number of carbonyl (C=O) groups is 4. The van der Waals surface area contributed by atoms with Crippen molar-refractivity contribution in [2.45, 2.75) is 36.9 Å². The Labute approximate surface area is 271 Å². The van der Waals surface area contributed by atoms with Crippen LogP contribution >= 0.6 is 24.8 Å². The smallest absolute Gasteiger partial charge is 0.255 e. The summed E-state index contributed by atoms with van der Waals surface area (Å²) in [6, 6.07) is -0.0138. The largest absolute Gasteiger partial charge is 0.508 e. The number of ketones is 2. The summed E-state index contributed by atoms with van der Waals surface area (Å²) >= 11 is 0.